The van der Waals surface area contributed by atoms with Gasteiger partial charge in [-0.15, -0.1) is 0 Å². The maximum absolute atomic E-state index is 13.6. The van der Waals surface area contributed by atoms with Crippen LogP contribution in [0.1, 0.15) is 88.1 Å². The molecule has 3 aliphatic rings. The van der Waals surface area contributed by atoms with Crippen LogP contribution < -0.4 is 9.80 Å². The molecule has 0 N–H and O–H groups in total. The first kappa shape index (κ1) is 71.2. The van der Waals surface area contributed by atoms with Crippen LogP contribution in [0.25, 0.3) is 66.8 Å². The third-order valence-electron chi connectivity index (χ3n) is 22.3. The Morgan fingerprint density at radius 3 is 1.04 bits per heavy atom. The molecule has 0 bridgehead atoms. The second-order valence-electron chi connectivity index (χ2n) is 29.4. The average Bonchev–Trinajstić information content (AvgIpc) is 1.53. The van der Waals surface area contributed by atoms with Crippen molar-refractivity contribution >= 4 is 87.7 Å². The van der Waals surface area contributed by atoms with Crippen molar-refractivity contribution < 1.29 is 4.79 Å². The minimum Gasteiger partial charge on any atom is -0.310 e. The molecule has 0 spiro atoms. The molecule has 0 aromatic heterocycles. The molecular weight excluding hydrogens is 1530 g/mol. The highest BCUT2D eigenvalue weighted by Gasteiger charge is 2.47. The summed E-state index contributed by atoms with van der Waals surface area (Å²) in [6.45, 7) is 9.32. The minimum absolute atomic E-state index is 0.0146. The van der Waals surface area contributed by atoms with E-state index in [9.17, 15) is 4.79 Å². The van der Waals surface area contributed by atoms with Gasteiger partial charge in [-0.25, -0.2) is 0 Å². The molecule has 530 valence electrons. The van der Waals surface area contributed by atoms with Gasteiger partial charge in [-0.2, -0.15) is 0 Å². The summed E-state index contributed by atoms with van der Waals surface area (Å²) in [5.41, 5.74) is 32.4. The predicted octanol–water partition coefficient (Wildman–Crippen LogP) is 29.5. The highest BCUT2D eigenvalue weighted by atomic mass is 79.9. The van der Waals surface area contributed by atoms with Crippen molar-refractivity contribution in [2.45, 2.75) is 43.9 Å². The molecule has 3 nitrogen and oxygen atoms in total. The molecule has 16 aromatic carbocycles. The van der Waals surface area contributed by atoms with E-state index in [1.54, 1.807) is 0 Å². The first-order valence-corrected chi connectivity index (χ1v) is 39.8. The lowest BCUT2D eigenvalue weighted by molar-refractivity contribution is 0.103. The molecule has 0 aliphatic heterocycles. The standard InChI is InChI=1S/C52H38BrN.C40H30BrNO.C12H9Br/c1-51(2)45-22-9-6-19-41(45)44-32-31-40(34-49(44)51)54(38-29-27-36(28-30-38)35-15-4-3-5-16-35)39-18-14-17-37(33-39)52(48-25-12-13-26-50(48)53)46-23-10-7-20-42(46)43-21-8-11-24-47(43)52;1-40(2)36-17-8-6-15-33(36)34-24-23-32(26-37(34)40)42(30-21-19-28(20-22-30)27-11-4-3-5-12-27)31-14-10-13-29(25-31)39(43)35-16-7-9-18-38(35)41;13-12-9-5-4-8-11(12)10-6-2-1-3-7-10/h3-34H,1-2H3;3-26H,1-2H3;1-9H. The number of hydrogen-bond donors (Lipinski definition) is 0. The zero-order valence-electron chi connectivity index (χ0n) is 61.5. The van der Waals surface area contributed by atoms with E-state index in [0.29, 0.717) is 11.1 Å². The highest BCUT2D eigenvalue weighted by Crippen LogP contribution is 2.59. The fraction of sp³-hybridized carbons (Fsp3) is 0.0673. The van der Waals surface area contributed by atoms with E-state index in [1.165, 1.54) is 106 Å². The number of hydrogen-bond acceptors (Lipinski definition) is 3. The van der Waals surface area contributed by atoms with Crippen LogP contribution in [0.3, 0.4) is 0 Å². The summed E-state index contributed by atoms with van der Waals surface area (Å²) < 4.78 is 3.02. The van der Waals surface area contributed by atoms with Gasteiger partial charge >= 0.3 is 0 Å². The summed E-state index contributed by atoms with van der Waals surface area (Å²) in [4.78, 5) is 18.3. The summed E-state index contributed by atoms with van der Waals surface area (Å²) in [5.74, 6) is -0.0146. The number of fused-ring (bicyclic) bond motifs is 9. The Morgan fingerprint density at radius 1 is 0.236 bits per heavy atom. The predicted molar refractivity (Wildman–Crippen MR) is 470 cm³/mol. The van der Waals surface area contributed by atoms with E-state index in [-0.39, 0.29) is 16.6 Å². The largest absolute Gasteiger partial charge is 0.310 e. The lowest BCUT2D eigenvalue weighted by Crippen LogP contribution is -2.29. The van der Waals surface area contributed by atoms with Gasteiger partial charge in [0.25, 0.3) is 0 Å². The summed E-state index contributed by atoms with van der Waals surface area (Å²) in [7, 11) is 0. The molecule has 0 amide bonds. The second kappa shape index (κ2) is 30.0. The second-order valence-corrected chi connectivity index (χ2v) is 31.9. The van der Waals surface area contributed by atoms with Crippen LogP contribution in [0.15, 0.2) is 408 Å². The number of benzene rings is 16. The summed E-state index contributed by atoms with van der Waals surface area (Å²) in [5, 5.41) is 0. The molecule has 0 fully saturated rings. The average molecular weight is 1610 g/mol. The Kier molecular flexibility index (Phi) is 19.4. The lowest BCUT2D eigenvalue weighted by atomic mass is 9.67. The Morgan fingerprint density at radius 2 is 0.573 bits per heavy atom. The zero-order valence-corrected chi connectivity index (χ0v) is 66.2. The maximum Gasteiger partial charge on any atom is 0.194 e. The SMILES string of the molecule is Brc1ccccc1-c1ccccc1.CC1(C)c2ccccc2-c2ccc(N(c3ccc(-c4ccccc4)cc3)c3cccc(C(=O)c4ccccc4Br)c3)cc21.CC1(C)c2ccccc2-c2ccc(N(c3ccc(-c4ccccc4)cc3)c3cccc(C4(c5ccccc5Br)c5ccccc5-c5ccccc54)c3)cc21. The van der Waals surface area contributed by atoms with Gasteiger partial charge in [0.05, 0.1) is 5.41 Å². The van der Waals surface area contributed by atoms with Gasteiger partial charge in [-0.1, -0.05) is 373 Å². The van der Waals surface area contributed by atoms with E-state index in [0.717, 1.165) is 53.1 Å². The topological polar surface area (TPSA) is 23.6 Å². The molecule has 0 atom stereocenters. The monoisotopic (exact) mass is 1610 g/mol. The number of nitrogens with zero attached hydrogens (tertiary/aromatic N) is 2. The van der Waals surface area contributed by atoms with Crippen LogP contribution in [0.2, 0.25) is 0 Å². The fourth-order valence-electron chi connectivity index (χ4n) is 17.0. The first-order chi connectivity index (χ1) is 53.7. The molecule has 6 heteroatoms. The molecule has 0 unspecified atom stereocenters. The van der Waals surface area contributed by atoms with Crippen LogP contribution >= 0.6 is 47.8 Å². The lowest BCUT2D eigenvalue weighted by Gasteiger charge is -2.36. The molecule has 16 aromatic rings. The number of carbonyl (C=O) groups excluding carboxylic acids is 1. The van der Waals surface area contributed by atoms with Gasteiger partial charge in [0, 0.05) is 69.5 Å². The molecule has 19 rings (SSSR count). The number of carbonyl (C=O) groups is 1. The Hall–Kier alpha value is -11.8. The molecule has 3 aliphatic carbocycles. The van der Waals surface area contributed by atoms with Gasteiger partial charge in [-0.05, 0) is 208 Å². The third kappa shape index (κ3) is 13.0. The number of halogens is 3. The normalized spacial score (nSPS) is 13.1. The molecule has 0 heterocycles. The Labute approximate surface area is 670 Å². The quantitative estimate of drug-likeness (QED) is 0.108. The van der Waals surface area contributed by atoms with Crippen molar-refractivity contribution in [3.8, 4) is 66.8 Å². The number of anilines is 6. The van der Waals surface area contributed by atoms with Crippen LogP contribution in [-0.4, -0.2) is 5.78 Å². The van der Waals surface area contributed by atoms with E-state index >= 15 is 0 Å². The molecular formula is C104H77Br3N2O. The van der Waals surface area contributed by atoms with Gasteiger partial charge in [0.2, 0.25) is 0 Å². The van der Waals surface area contributed by atoms with Crippen LogP contribution in [0, 0.1) is 0 Å². The van der Waals surface area contributed by atoms with Crippen molar-refractivity contribution in [2.24, 2.45) is 0 Å². The Balaban J connectivity index is 0.000000140. The molecule has 110 heavy (non-hydrogen) atoms. The van der Waals surface area contributed by atoms with E-state index in [4.69, 9.17) is 0 Å². The number of ketones is 1. The minimum atomic E-state index is -0.534. The van der Waals surface area contributed by atoms with Gasteiger partial charge in [-0.3, -0.25) is 4.79 Å². The molecule has 0 saturated heterocycles. The Bertz CT molecular complexity index is 6060. The highest BCUT2D eigenvalue weighted by molar-refractivity contribution is 9.11. The van der Waals surface area contributed by atoms with Crippen molar-refractivity contribution in [1.82, 2.24) is 0 Å². The fourth-order valence-corrected chi connectivity index (χ4v) is 18.5. The van der Waals surface area contributed by atoms with Crippen LogP contribution in [-0.2, 0) is 16.2 Å². The van der Waals surface area contributed by atoms with Crippen molar-refractivity contribution in [1.29, 1.82) is 0 Å². The van der Waals surface area contributed by atoms with E-state index in [2.05, 4.69) is 413 Å². The first-order valence-electron chi connectivity index (χ1n) is 37.4. The summed E-state index contributed by atoms with van der Waals surface area (Å²) in [6.07, 6.45) is 0. The van der Waals surface area contributed by atoms with Gasteiger partial charge in [0.15, 0.2) is 5.78 Å². The number of rotatable bonds is 13. The van der Waals surface area contributed by atoms with Crippen molar-refractivity contribution in [3.63, 3.8) is 0 Å². The van der Waals surface area contributed by atoms with Gasteiger partial charge in [0.1, 0.15) is 0 Å². The maximum atomic E-state index is 13.6. The van der Waals surface area contributed by atoms with Crippen molar-refractivity contribution in [2.75, 3.05) is 9.80 Å². The smallest absolute Gasteiger partial charge is 0.194 e. The molecule has 0 radical (unpaired) electrons. The summed E-state index contributed by atoms with van der Waals surface area (Å²) >= 11 is 11.1. The molecule has 0 saturated carbocycles. The van der Waals surface area contributed by atoms with Gasteiger partial charge < -0.3 is 9.80 Å². The van der Waals surface area contributed by atoms with Crippen molar-refractivity contribution in [3.05, 3.63) is 463 Å². The van der Waals surface area contributed by atoms with Crippen LogP contribution in [0.5, 0.6) is 0 Å². The van der Waals surface area contributed by atoms with Crippen LogP contribution in [0.4, 0.5) is 34.1 Å². The summed E-state index contributed by atoms with van der Waals surface area (Å²) in [6, 6.07) is 140. The van der Waals surface area contributed by atoms with E-state index in [1.807, 2.05) is 66.7 Å². The third-order valence-corrected chi connectivity index (χ3v) is 24.4. The van der Waals surface area contributed by atoms with E-state index < -0.39 is 5.41 Å². The zero-order chi connectivity index (χ0) is 75.1.